The van der Waals surface area contributed by atoms with Gasteiger partial charge in [0.2, 0.25) is 0 Å². The molecule has 12 heteroatoms. The second-order valence-corrected chi connectivity index (χ2v) is 16.9. The molecule has 3 unspecified atom stereocenters. The van der Waals surface area contributed by atoms with Gasteiger partial charge in [-0.05, 0) is 91.8 Å². The molecule has 0 aromatic carbocycles. The Hall–Kier alpha value is -0.675. The minimum atomic E-state index is -1.17. The first-order valence-corrected chi connectivity index (χ1v) is 17.7. The van der Waals surface area contributed by atoms with Gasteiger partial charge in [0, 0.05) is 56.1 Å². The van der Waals surface area contributed by atoms with Crippen LogP contribution in [0.5, 0.6) is 0 Å². The first-order valence-electron chi connectivity index (χ1n) is 14.7. The molecule has 0 amide bonds. The Morgan fingerprint density at radius 2 is 1.36 bits per heavy atom. The fraction of sp³-hybridized carbons (Fsp3) is 0.733. The summed E-state index contributed by atoms with van der Waals surface area (Å²) in [5.41, 5.74) is 4.38. The minimum absolute atomic E-state index is 0. The number of hydrogen-bond donors (Lipinski definition) is 2. The lowest BCUT2D eigenvalue weighted by Crippen LogP contribution is -2.30. The van der Waals surface area contributed by atoms with Gasteiger partial charge in [-0.25, -0.2) is 4.98 Å². The van der Waals surface area contributed by atoms with Crippen molar-refractivity contribution < 1.29 is 10.0 Å². The van der Waals surface area contributed by atoms with E-state index in [1.807, 2.05) is 38.6 Å². The van der Waals surface area contributed by atoms with Crippen molar-refractivity contribution in [1.82, 2.24) is 29.7 Å². The third kappa shape index (κ3) is 11.4. The van der Waals surface area contributed by atoms with E-state index >= 15 is 0 Å². The fourth-order valence-electron chi connectivity index (χ4n) is 6.89. The normalized spacial score (nSPS) is 26.6. The molecule has 3 saturated heterocycles. The first-order chi connectivity index (χ1) is 19.5. The standard InChI is InChI=1S/C14H21N3.C13H20N4.CH5BO2.CH2I2.CH4/c1-11-8-15-9-13(16-11)12-3-4-14(7-12)5-6-17(2)10-14;1-11-7-14-8-12(15-11)17-6-4-13(10-17)3-5-16(2)9-13;1-2(3)4;2-1-3;/h8-9,12H,3-7,10H2,1-2H3;7-8H,3-6,9-10H2,1-2H3;3-4H,1H3;1H2;1H4. The maximum atomic E-state index is 7.61. The predicted octanol–water partition coefficient (Wildman–Crippen LogP) is 5.23. The molecule has 2 aromatic rings. The van der Waals surface area contributed by atoms with E-state index in [0.717, 1.165) is 30.3 Å². The van der Waals surface area contributed by atoms with Gasteiger partial charge >= 0.3 is 7.12 Å². The average Bonchev–Trinajstić information content (AvgIpc) is 3.69. The molecule has 4 fully saturated rings. The highest BCUT2D eigenvalue weighted by molar-refractivity contribution is 14.2. The number of aromatic nitrogens is 4. The van der Waals surface area contributed by atoms with Crippen LogP contribution in [0.4, 0.5) is 5.82 Å². The summed E-state index contributed by atoms with van der Waals surface area (Å²) in [5.74, 6) is 1.70. The highest BCUT2D eigenvalue weighted by atomic mass is 127. The molecule has 4 aliphatic rings. The summed E-state index contributed by atoms with van der Waals surface area (Å²) >= 11 is 4.55. The van der Waals surface area contributed by atoms with E-state index in [9.17, 15) is 0 Å². The quantitative estimate of drug-likeness (QED) is 0.240. The van der Waals surface area contributed by atoms with Crippen LogP contribution in [0.3, 0.4) is 0 Å². The zero-order valence-electron chi connectivity index (χ0n) is 25.4. The Kier molecular flexibility index (Phi) is 15.8. The van der Waals surface area contributed by atoms with Crippen LogP contribution >= 0.6 is 45.2 Å². The van der Waals surface area contributed by atoms with E-state index in [4.69, 9.17) is 10.0 Å². The van der Waals surface area contributed by atoms with Crippen molar-refractivity contribution >= 4 is 58.1 Å². The van der Waals surface area contributed by atoms with Crippen molar-refractivity contribution in [1.29, 1.82) is 0 Å². The third-order valence-corrected chi connectivity index (χ3v) is 8.66. The molecule has 0 bridgehead atoms. The van der Waals surface area contributed by atoms with Gasteiger partial charge in [0.05, 0.1) is 25.7 Å². The Bertz CT molecular complexity index is 1010. The van der Waals surface area contributed by atoms with Crippen LogP contribution in [0, 0.1) is 24.7 Å². The van der Waals surface area contributed by atoms with Gasteiger partial charge in [-0.1, -0.05) is 52.6 Å². The molecule has 2 spiro atoms. The lowest BCUT2D eigenvalue weighted by Gasteiger charge is -2.24. The van der Waals surface area contributed by atoms with Crippen LogP contribution in [-0.2, 0) is 0 Å². The minimum Gasteiger partial charge on any atom is -0.427 e. The molecule has 3 atom stereocenters. The van der Waals surface area contributed by atoms with Crippen LogP contribution < -0.4 is 4.90 Å². The fourth-order valence-corrected chi connectivity index (χ4v) is 6.89. The summed E-state index contributed by atoms with van der Waals surface area (Å²) in [7, 11) is 3.30. The molecule has 236 valence electrons. The highest BCUT2D eigenvalue weighted by Crippen LogP contribution is 2.50. The molecule has 2 N–H and O–H groups in total. The second-order valence-electron chi connectivity index (χ2n) is 12.4. The van der Waals surface area contributed by atoms with E-state index in [-0.39, 0.29) is 7.43 Å². The zero-order valence-corrected chi connectivity index (χ0v) is 29.8. The van der Waals surface area contributed by atoms with Gasteiger partial charge in [0.1, 0.15) is 5.82 Å². The Morgan fingerprint density at radius 1 is 0.833 bits per heavy atom. The molecule has 1 aliphatic carbocycles. The number of hydrogen-bond acceptors (Lipinski definition) is 9. The highest BCUT2D eigenvalue weighted by Gasteiger charge is 2.44. The number of nitrogens with zero attached hydrogens (tertiary/aromatic N) is 7. The summed E-state index contributed by atoms with van der Waals surface area (Å²) in [6.45, 7) is 12.6. The largest absolute Gasteiger partial charge is 0.448 e. The summed E-state index contributed by atoms with van der Waals surface area (Å²) in [5, 5.41) is 15.2. The molecule has 1 saturated carbocycles. The zero-order chi connectivity index (χ0) is 30.0. The molecule has 9 nitrogen and oxygen atoms in total. The summed E-state index contributed by atoms with van der Waals surface area (Å²) in [6.07, 6.45) is 15.5. The first kappa shape index (κ1) is 37.5. The topological polar surface area (TPSA) is 102 Å². The number of halogens is 2. The molecular weight excluding hydrogens is 755 g/mol. The second kappa shape index (κ2) is 17.7. The SMILES string of the molecule is C.CB(O)O.Cc1cncc(C2CCC3(CCN(C)C3)C2)n1.Cc1cncc(N2CCC3(CCN(C)C3)C2)n1.ICI. The van der Waals surface area contributed by atoms with Crippen LogP contribution in [-0.4, -0.2) is 103 Å². The van der Waals surface area contributed by atoms with Crippen LogP contribution in [0.2, 0.25) is 6.82 Å². The van der Waals surface area contributed by atoms with Crippen molar-refractivity contribution in [3.05, 3.63) is 41.9 Å². The summed E-state index contributed by atoms with van der Waals surface area (Å²) < 4.78 is 1.19. The number of alkyl halides is 2. The summed E-state index contributed by atoms with van der Waals surface area (Å²) in [4.78, 5) is 25.1. The van der Waals surface area contributed by atoms with Gasteiger partial charge in [0.15, 0.2) is 0 Å². The predicted molar refractivity (Wildman–Crippen MR) is 192 cm³/mol. The van der Waals surface area contributed by atoms with Crippen molar-refractivity contribution in [3.63, 3.8) is 0 Å². The van der Waals surface area contributed by atoms with E-state index in [0.29, 0.717) is 16.7 Å². The number of likely N-dealkylation sites (tertiary alicyclic amines) is 2. The molecule has 42 heavy (non-hydrogen) atoms. The van der Waals surface area contributed by atoms with Crippen molar-refractivity contribution in [2.75, 3.05) is 60.7 Å². The monoisotopic (exact) mass is 807 g/mol. The van der Waals surface area contributed by atoms with Gasteiger partial charge in [-0.2, -0.15) is 0 Å². The Labute approximate surface area is 282 Å². The van der Waals surface area contributed by atoms with Crippen molar-refractivity contribution in [2.45, 2.75) is 72.5 Å². The molecule has 5 heterocycles. The Morgan fingerprint density at radius 3 is 1.88 bits per heavy atom. The average molecular weight is 807 g/mol. The lowest BCUT2D eigenvalue weighted by molar-refractivity contribution is 0.286. The molecule has 2 aromatic heterocycles. The molecular formula is C30H52BI2N7O2. The molecule has 3 aliphatic heterocycles. The number of rotatable bonds is 2. The van der Waals surface area contributed by atoms with Gasteiger partial charge in [-0.15, -0.1) is 0 Å². The number of aryl methyl sites for hydroxylation is 2. The van der Waals surface area contributed by atoms with Crippen LogP contribution in [0.1, 0.15) is 69.0 Å². The maximum Gasteiger partial charge on any atom is 0.448 e. The molecule has 0 radical (unpaired) electrons. The van der Waals surface area contributed by atoms with E-state index in [1.54, 1.807) is 0 Å². The lowest BCUT2D eigenvalue weighted by atomic mass is 9.84. The maximum absolute atomic E-state index is 7.61. The van der Waals surface area contributed by atoms with Crippen molar-refractivity contribution in [3.8, 4) is 0 Å². The molecule has 6 rings (SSSR count). The van der Waals surface area contributed by atoms with Gasteiger partial charge in [-0.3, -0.25) is 15.0 Å². The van der Waals surface area contributed by atoms with Crippen molar-refractivity contribution in [2.24, 2.45) is 10.8 Å². The summed E-state index contributed by atoms with van der Waals surface area (Å²) in [6, 6.07) is 0. The smallest absolute Gasteiger partial charge is 0.427 e. The number of anilines is 1. The van der Waals surface area contributed by atoms with E-state index in [1.165, 1.54) is 79.7 Å². The van der Waals surface area contributed by atoms with Crippen LogP contribution in [0.15, 0.2) is 24.8 Å². The van der Waals surface area contributed by atoms with Gasteiger partial charge < -0.3 is 24.7 Å². The van der Waals surface area contributed by atoms with E-state index in [2.05, 4.69) is 93.9 Å². The van der Waals surface area contributed by atoms with Gasteiger partial charge in [0.25, 0.3) is 0 Å². The third-order valence-electron chi connectivity index (χ3n) is 8.66. The Balaban J connectivity index is 0.000000237. The van der Waals surface area contributed by atoms with Crippen LogP contribution in [0.25, 0.3) is 0 Å². The van der Waals surface area contributed by atoms with E-state index < -0.39 is 7.12 Å².